The molecule has 39 heavy (non-hydrogen) atoms. The molecule has 1 fully saturated rings. The number of halogens is 2. The van der Waals surface area contributed by atoms with Crippen LogP contribution in [0.5, 0.6) is 11.5 Å². The summed E-state index contributed by atoms with van der Waals surface area (Å²) in [5, 5.41) is 1.10. The summed E-state index contributed by atoms with van der Waals surface area (Å²) in [4.78, 5) is 35.9. The summed E-state index contributed by atoms with van der Waals surface area (Å²) >= 11 is 13.4. The summed E-state index contributed by atoms with van der Waals surface area (Å²) in [6.45, 7) is 3.58. The van der Waals surface area contributed by atoms with E-state index in [9.17, 15) is 9.59 Å². The van der Waals surface area contributed by atoms with E-state index in [4.69, 9.17) is 37.7 Å². The van der Waals surface area contributed by atoms with Gasteiger partial charge in [0, 0.05) is 41.2 Å². The first-order valence-electron chi connectivity index (χ1n) is 12.6. The van der Waals surface area contributed by atoms with Crippen molar-refractivity contribution in [3.8, 4) is 34.0 Å². The van der Waals surface area contributed by atoms with Gasteiger partial charge in [-0.1, -0.05) is 66.9 Å². The van der Waals surface area contributed by atoms with Crippen LogP contribution in [0.1, 0.15) is 37.3 Å². The molecule has 1 aliphatic rings. The second kappa shape index (κ2) is 11.2. The van der Waals surface area contributed by atoms with E-state index in [-0.39, 0.29) is 33.9 Å². The van der Waals surface area contributed by atoms with E-state index in [1.54, 1.807) is 22.9 Å². The van der Waals surface area contributed by atoms with Gasteiger partial charge in [0.25, 0.3) is 5.56 Å². The predicted octanol–water partition coefficient (Wildman–Crippen LogP) is 6.86. The van der Waals surface area contributed by atoms with E-state index in [2.05, 4.69) is 11.6 Å². The number of pyridine rings is 1. The average molecular weight is 564 g/mol. The first kappa shape index (κ1) is 26.9. The molecule has 0 amide bonds. The molecule has 1 aliphatic carbocycles. The van der Waals surface area contributed by atoms with Crippen molar-refractivity contribution >= 4 is 40.0 Å². The number of carbonyl (C=O) groups is 1. The van der Waals surface area contributed by atoms with E-state index >= 15 is 0 Å². The summed E-state index contributed by atoms with van der Waals surface area (Å²) < 4.78 is 12.6. The van der Waals surface area contributed by atoms with Crippen molar-refractivity contribution in [3.05, 3.63) is 81.2 Å². The smallest absolute Gasteiger partial charge is 0.260 e. The fourth-order valence-corrected chi connectivity index (χ4v) is 5.91. The van der Waals surface area contributed by atoms with Crippen LogP contribution in [0.2, 0.25) is 10.0 Å². The Labute approximate surface area is 236 Å². The topological polar surface area (TPSA) is 83.3 Å². The molecular weight excluding hydrogens is 537 g/mol. The number of fused-ring (bicyclic) bond motifs is 1. The number of hydrogen-bond donors (Lipinski definition) is 0. The molecule has 2 heterocycles. The van der Waals surface area contributed by atoms with Crippen LogP contribution in [-0.4, -0.2) is 34.5 Å². The molecule has 0 bridgehead atoms. The summed E-state index contributed by atoms with van der Waals surface area (Å²) in [7, 11) is 2.98. The molecule has 200 valence electrons. The van der Waals surface area contributed by atoms with Gasteiger partial charge in [0.2, 0.25) is 0 Å². The third-order valence-corrected chi connectivity index (χ3v) is 7.91. The number of carbonyl (C=O) groups excluding carboxylic acids is 1. The molecule has 0 atom stereocenters. The van der Waals surface area contributed by atoms with Gasteiger partial charge < -0.3 is 9.47 Å². The van der Waals surface area contributed by atoms with E-state index < -0.39 is 0 Å². The van der Waals surface area contributed by atoms with Gasteiger partial charge >= 0.3 is 0 Å². The van der Waals surface area contributed by atoms with Crippen molar-refractivity contribution in [3.63, 3.8) is 0 Å². The molecule has 2 aromatic carbocycles. The van der Waals surface area contributed by atoms with Gasteiger partial charge in [-0.15, -0.1) is 0 Å². The molecule has 0 N–H and O–H groups in total. The van der Waals surface area contributed by atoms with Crippen molar-refractivity contribution in [2.75, 3.05) is 14.2 Å². The maximum atomic E-state index is 14.2. The Morgan fingerprint density at radius 3 is 2.38 bits per heavy atom. The SMILES string of the molecule is C=CC(=O)Cc1ccccc1-c1ncc2cc(-c3c(Cl)c(OC)cc(OC)c3Cl)c(=O)n(C3CCCC3)c2n1. The zero-order valence-corrected chi connectivity index (χ0v) is 23.2. The second-order valence-electron chi connectivity index (χ2n) is 9.43. The van der Waals surface area contributed by atoms with E-state index in [1.165, 1.54) is 20.3 Å². The largest absolute Gasteiger partial charge is 0.495 e. The zero-order valence-electron chi connectivity index (χ0n) is 21.7. The van der Waals surface area contributed by atoms with Gasteiger partial charge in [-0.2, -0.15) is 0 Å². The Hall–Kier alpha value is -3.68. The lowest BCUT2D eigenvalue weighted by molar-refractivity contribution is -0.114. The normalized spacial score (nSPS) is 13.5. The van der Waals surface area contributed by atoms with Crippen molar-refractivity contribution in [1.29, 1.82) is 0 Å². The lowest BCUT2D eigenvalue weighted by atomic mass is 10.0. The molecule has 7 nitrogen and oxygen atoms in total. The molecule has 0 aliphatic heterocycles. The molecule has 0 radical (unpaired) electrons. The van der Waals surface area contributed by atoms with Gasteiger partial charge in [-0.3, -0.25) is 14.2 Å². The average Bonchev–Trinajstić information content (AvgIpc) is 3.48. The highest BCUT2D eigenvalue weighted by atomic mass is 35.5. The van der Waals surface area contributed by atoms with Crippen LogP contribution in [0.3, 0.4) is 0 Å². The van der Waals surface area contributed by atoms with Crippen LogP contribution < -0.4 is 15.0 Å². The van der Waals surface area contributed by atoms with Crippen LogP contribution in [0, 0.1) is 0 Å². The van der Waals surface area contributed by atoms with Crippen molar-refractivity contribution in [2.45, 2.75) is 38.1 Å². The maximum Gasteiger partial charge on any atom is 0.260 e. The fraction of sp³-hybridized carbons (Fsp3) is 0.267. The highest BCUT2D eigenvalue weighted by molar-refractivity contribution is 6.41. The molecule has 4 aromatic rings. The second-order valence-corrected chi connectivity index (χ2v) is 10.2. The molecule has 0 spiro atoms. The number of ketones is 1. The Morgan fingerprint density at radius 1 is 1.08 bits per heavy atom. The van der Waals surface area contributed by atoms with Gasteiger partial charge in [0.1, 0.15) is 17.1 Å². The Kier molecular flexibility index (Phi) is 7.73. The minimum absolute atomic E-state index is 0.0367. The molecule has 0 unspecified atom stereocenters. The highest BCUT2D eigenvalue weighted by Crippen LogP contribution is 2.46. The molecule has 1 saturated carbocycles. The number of allylic oxidation sites excluding steroid dienone is 1. The van der Waals surface area contributed by atoms with E-state index in [1.807, 2.05) is 24.3 Å². The van der Waals surface area contributed by atoms with Crippen molar-refractivity contribution < 1.29 is 14.3 Å². The monoisotopic (exact) mass is 563 g/mol. The summed E-state index contributed by atoms with van der Waals surface area (Å²) in [5.41, 5.74) is 2.43. The lowest BCUT2D eigenvalue weighted by Crippen LogP contribution is -2.26. The van der Waals surface area contributed by atoms with Gasteiger partial charge in [0.15, 0.2) is 11.6 Å². The van der Waals surface area contributed by atoms with Gasteiger partial charge in [-0.25, -0.2) is 9.97 Å². The van der Waals surface area contributed by atoms with Crippen LogP contribution in [0.15, 0.2) is 60.0 Å². The van der Waals surface area contributed by atoms with E-state index in [0.717, 1.165) is 36.8 Å². The van der Waals surface area contributed by atoms with Crippen molar-refractivity contribution in [2.24, 2.45) is 0 Å². The summed E-state index contributed by atoms with van der Waals surface area (Å²) in [5.74, 6) is 1.03. The summed E-state index contributed by atoms with van der Waals surface area (Å²) in [6.07, 6.45) is 6.92. The molecule has 2 aromatic heterocycles. The number of aromatic nitrogens is 3. The summed E-state index contributed by atoms with van der Waals surface area (Å²) in [6, 6.07) is 10.8. The number of nitrogens with zero attached hydrogens (tertiary/aromatic N) is 3. The third-order valence-electron chi connectivity index (χ3n) is 7.16. The maximum absolute atomic E-state index is 14.2. The number of methoxy groups -OCH3 is 2. The Morgan fingerprint density at radius 2 is 1.74 bits per heavy atom. The first-order valence-corrected chi connectivity index (χ1v) is 13.4. The van der Waals surface area contributed by atoms with Crippen LogP contribution in [0.4, 0.5) is 0 Å². The quantitative estimate of drug-likeness (QED) is 0.218. The standard InChI is InChI=1S/C30H27Cl2N3O4/c1-4-20(36)13-17-9-5-8-12-21(17)28-33-16-18-14-22(25-26(31)23(38-2)15-24(39-3)27(25)32)30(37)35(29(18)34-28)19-10-6-7-11-19/h4-5,8-9,12,14-16,19H,1,6-7,10-11,13H2,2-3H3. The van der Waals surface area contributed by atoms with Gasteiger partial charge in [0.05, 0.1) is 29.8 Å². The third kappa shape index (κ3) is 4.92. The van der Waals surface area contributed by atoms with Crippen LogP contribution >= 0.6 is 23.2 Å². The first-order chi connectivity index (χ1) is 18.9. The fourth-order valence-electron chi connectivity index (χ4n) is 5.20. The number of rotatable bonds is 8. The van der Waals surface area contributed by atoms with Crippen LogP contribution in [-0.2, 0) is 11.2 Å². The lowest BCUT2D eigenvalue weighted by Gasteiger charge is -2.20. The van der Waals surface area contributed by atoms with E-state index in [0.29, 0.717) is 39.5 Å². The van der Waals surface area contributed by atoms with Crippen molar-refractivity contribution in [1.82, 2.24) is 14.5 Å². The number of ether oxygens (including phenoxy) is 2. The molecule has 0 saturated heterocycles. The molecule has 5 rings (SSSR count). The minimum Gasteiger partial charge on any atom is -0.495 e. The Balaban J connectivity index is 1.78. The molecule has 9 heteroatoms. The number of hydrogen-bond acceptors (Lipinski definition) is 6. The van der Waals surface area contributed by atoms with Gasteiger partial charge in [-0.05, 0) is 30.5 Å². The predicted molar refractivity (Wildman–Crippen MR) is 154 cm³/mol. The van der Waals surface area contributed by atoms with Crippen LogP contribution in [0.25, 0.3) is 33.5 Å². The Bertz CT molecular complexity index is 1630. The molecular formula is C30H27Cl2N3O4. The zero-order chi connectivity index (χ0) is 27.7. The number of benzene rings is 2. The minimum atomic E-state index is -0.256. The highest BCUT2D eigenvalue weighted by Gasteiger charge is 2.27.